The van der Waals surface area contributed by atoms with Gasteiger partial charge in [0.1, 0.15) is 0 Å². The van der Waals surface area contributed by atoms with Crippen LogP contribution in [0, 0.1) is 0 Å². The van der Waals surface area contributed by atoms with E-state index in [9.17, 15) is 14.7 Å². The minimum Gasteiger partial charge on any atom is -0.479 e. The number of hydrogen-bond acceptors (Lipinski definition) is 6. The van der Waals surface area contributed by atoms with Crippen LogP contribution in [0.25, 0.3) is 0 Å². The third-order valence-corrected chi connectivity index (χ3v) is 2.85. The van der Waals surface area contributed by atoms with E-state index >= 15 is 0 Å². The molecule has 0 bridgehead atoms. The number of carboxylic acid groups (broad SMARTS) is 1. The van der Waals surface area contributed by atoms with E-state index in [2.05, 4.69) is 5.10 Å². The number of carbonyl (C=O) groups is 1. The van der Waals surface area contributed by atoms with Gasteiger partial charge in [0.15, 0.2) is 5.60 Å². The Morgan fingerprint density at radius 1 is 1.60 bits per heavy atom. The summed E-state index contributed by atoms with van der Waals surface area (Å²) in [5, 5.41) is 22.3. The van der Waals surface area contributed by atoms with E-state index in [1.165, 1.54) is 12.3 Å². The van der Waals surface area contributed by atoms with Gasteiger partial charge >= 0.3 is 5.97 Å². The summed E-state index contributed by atoms with van der Waals surface area (Å²) in [4.78, 5) is 24.5. The molecule has 0 amide bonds. The predicted octanol–water partition coefficient (Wildman–Crippen LogP) is -0.838. The number of hydrogen-bond donors (Lipinski definition) is 2. The molecule has 0 spiro atoms. The third kappa shape index (κ3) is 4.04. The molecule has 0 aliphatic heterocycles. The van der Waals surface area contributed by atoms with Gasteiger partial charge in [-0.15, -0.1) is 0 Å². The lowest BCUT2D eigenvalue weighted by atomic mass is 10.1. The summed E-state index contributed by atoms with van der Waals surface area (Å²) in [5.41, 5.74) is -1.92. The molecule has 2 N–H and O–H groups in total. The van der Waals surface area contributed by atoms with Gasteiger partial charge in [-0.25, -0.2) is 9.48 Å². The van der Waals surface area contributed by atoms with Crippen molar-refractivity contribution in [3.63, 3.8) is 0 Å². The Bertz CT molecular complexity index is 526. The van der Waals surface area contributed by atoms with Crippen LogP contribution in [0.15, 0.2) is 17.1 Å². The number of aliphatic hydroxyl groups is 1. The van der Waals surface area contributed by atoms with Gasteiger partial charge in [-0.2, -0.15) is 5.10 Å². The lowest BCUT2D eigenvalue weighted by Crippen LogP contribution is -2.43. The number of methoxy groups -OCH3 is 1. The smallest absolute Gasteiger partial charge is 0.337 e. The van der Waals surface area contributed by atoms with Crippen LogP contribution in [0.3, 0.4) is 0 Å². The van der Waals surface area contributed by atoms with E-state index in [-0.39, 0.29) is 0 Å². The lowest BCUT2D eigenvalue weighted by Gasteiger charge is -2.20. The van der Waals surface area contributed by atoms with Gasteiger partial charge in [0.25, 0.3) is 5.56 Å². The molecule has 0 saturated heterocycles. The summed E-state index contributed by atoms with van der Waals surface area (Å²) >= 11 is 0. The van der Waals surface area contributed by atoms with Crippen molar-refractivity contribution in [2.45, 2.75) is 19.1 Å². The topological polar surface area (TPSA) is 105 Å². The second kappa shape index (κ2) is 6.49. The number of carboxylic acids is 1. The van der Waals surface area contributed by atoms with Crippen molar-refractivity contribution in [1.29, 1.82) is 0 Å². The molecule has 0 radical (unpaired) electrons. The monoisotopic (exact) mass is 285 g/mol. The Balaban J connectivity index is 2.89. The van der Waals surface area contributed by atoms with Crippen molar-refractivity contribution in [3.8, 4) is 0 Å². The molecule has 1 aromatic heterocycles. The molecule has 8 heteroatoms. The van der Waals surface area contributed by atoms with E-state index in [0.717, 1.165) is 11.6 Å². The van der Waals surface area contributed by atoms with Crippen LogP contribution in [-0.4, -0.2) is 58.9 Å². The molecular formula is C12H19N3O5. The summed E-state index contributed by atoms with van der Waals surface area (Å²) in [6.07, 6.45) is 1.44. The molecule has 1 atom stereocenters. The lowest BCUT2D eigenvalue weighted by molar-refractivity contribution is -0.158. The summed E-state index contributed by atoms with van der Waals surface area (Å²) in [5.74, 6) is -1.41. The van der Waals surface area contributed by atoms with Crippen molar-refractivity contribution in [2.24, 2.45) is 0 Å². The first kappa shape index (κ1) is 16.1. The molecule has 1 aromatic rings. The Labute approximate surface area is 116 Å². The van der Waals surface area contributed by atoms with Gasteiger partial charge in [0.05, 0.1) is 25.0 Å². The largest absolute Gasteiger partial charge is 0.479 e. The molecule has 1 unspecified atom stereocenters. The molecule has 0 aliphatic rings. The minimum atomic E-state index is -2.04. The maximum Gasteiger partial charge on any atom is 0.337 e. The SMILES string of the molecule is COCCN(C)c1cnn(CC(C)(O)C(=O)O)c(=O)c1. The molecule has 20 heavy (non-hydrogen) atoms. The molecular weight excluding hydrogens is 266 g/mol. The first-order chi connectivity index (χ1) is 9.27. The normalized spacial score (nSPS) is 13.8. The van der Waals surface area contributed by atoms with E-state index < -0.39 is 23.7 Å². The van der Waals surface area contributed by atoms with Gasteiger partial charge in [-0.1, -0.05) is 0 Å². The third-order valence-electron chi connectivity index (χ3n) is 2.85. The zero-order valence-corrected chi connectivity index (χ0v) is 11.7. The van der Waals surface area contributed by atoms with E-state index in [1.807, 2.05) is 0 Å². The van der Waals surface area contributed by atoms with E-state index in [1.54, 1.807) is 19.1 Å². The van der Waals surface area contributed by atoms with Crippen LogP contribution >= 0.6 is 0 Å². The predicted molar refractivity (Wildman–Crippen MR) is 71.9 cm³/mol. The molecule has 0 aliphatic carbocycles. The fraction of sp³-hybridized carbons (Fsp3) is 0.583. The van der Waals surface area contributed by atoms with Gasteiger partial charge in [0.2, 0.25) is 0 Å². The summed E-state index contributed by atoms with van der Waals surface area (Å²) in [7, 11) is 3.37. The number of anilines is 1. The highest BCUT2D eigenvalue weighted by molar-refractivity contribution is 5.76. The van der Waals surface area contributed by atoms with Crippen LogP contribution < -0.4 is 10.5 Å². The average molecular weight is 285 g/mol. The Kier molecular flexibility index (Phi) is 5.23. The quantitative estimate of drug-likeness (QED) is 0.673. The van der Waals surface area contributed by atoms with Crippen molar-refractivity contribution < 1.29 is 19.7 Å². The summed E-state index contributed by atoms with van der Waals surface area (Å²) in [6.45, 7) is 1.80. The molecule has 112 valence electrons. The van der Waals surface area contributed by atoms with Crippen LogP contribution in [0.5, 0.6) is 0 Å². The fourth-order valence-electron chi connectivity index (χ4n) is 1.47. The Morgan fingerprint density at radius 3 is 2.75 bits per heavy atom. The van der Waals surface area contributed by atoms with E-state index in [4.69, 9.17) is 9.84 Å². The van der Waals surface area contributed by atoms with Gasteiger partial charge in [-0.3, -0.25) is 4.79 Å². The van der Waals surface area contributed by atoms with Crippen LogP contribution in [0.4, 0.5) is 5.69 Å². The van der Waals surface area contributed by atoms with Crippen LogP contribution in [-0.2, 0) is 16.1 Å². The zero-order valence-electron chi connectivity index (χ0n) is 11.7. The molecule has 8 nitrogen and oxygen atoms in total. The Morgan fingerprint density at radius 2 is 2.25 bits per heavy atom. The standard InChI is InChI=1S/C12H19N3O5/c1-12(19,11(17)18)8-15-10(16)6-9(7-13-15)14(2)4-5-20-3/h6-7,19H,4-5,8H2,1-3H3,(H,17,18). The van der Waals surface area contributed by atoms with E-state index in [0.29, 0.717) is 18.8 Å². The summed E-state index contributed by atoms with van der Waals surface area (Å²) < 4.78 is 5.85. The number of ether oxygens (including phenoxy) is 1. The van der Waals surface area contributed by atoms with Gasteiger partial charge < -0.3 is 19.8 Å². The maximum atomic E-state index is 11.9. The van der Waals surface area contributed by atoms with Crippen LogP contribution in [0.1, 0.15) is 6.92 Å². The fourth-order valence-corrected chi connectivity index (χ4v) is 1.47. The highest BCUT2D eigenvalue weighted by atomic mass is 16.5. The highest BCUT2D eigenvalue weighted by Gasteiger charge is 2.31. The highest BCUT2D eigenvalue weighted by Crippen LogP contribution is 2.09. The minimum absolute atomic E-state index is 0.413. The maximum absolute atomic E-state index is 11.9. The van der Waals surface area contributed by atoms with Crippen molar-refractivity contribution in [2.75, 3.05) is 32.2 Å². The second-order valence-corrected chi connectivity index (χ2v) is 4.70. The van der Waals surface area contributed by atoms with Gasteiger partial charge in [0, 0.05) is 26.8 Å². The molecule has 0 aromatic carbocycles. The number of aliphatic carboxylic acids is 1. The number of rotatable bonds is 7. The molecule has 0 fully saturated rings. The van der Waals surface area contributed by atoms with Gasteiger partial charge in [-0.05, 0) is 6.92 Å². The number of aromatic nitrogens is 2. The number of likely N-dealkylation sites (N-methyl/N-ethyl adjacent to an activating group) is 1. The summed E-state index contributed by atoms with van der Waals surface area (Å²) in [6, 6.07) is 1.33. The Hall–Kier alpha value is -1.93. The van der Waals surface area contributed by atoms with Crippen molar-refractivity contribution >= 4 is 11.7 Å². The first-order valence-corrected chi connectivity index (χ1v) is 6.01. The second-order valence-electron chi connectivity index (χ2n) is 4.70. The zero-order chi connectivity index (χ0) is 15.3. The van der Waals surface area contributed by atoms with Crippen molar-refractivity contribution in [3.05, 3.63) is 22.6 Å². The molecule has 1 heterocycles. The molecule has 0 saturated carbocycles. The average Bonchev–Trinajstić information content (AvgIpc) is 2.37. The first-order valence-electron chi connectivity index (χ1n) is 6.01. The van der Waals surface area contributed by atoms with Crippen LogP contribution in [0.2, 0.25) is 0 Å². The van der Waals surface area contributed by atoms with Crippen molar-refractivity contribution in [1.82, 2.24) is 9.78 Å². The molecule has 1 rings (SSSR count). The number of nitrogens with zero attached hydrogens (tertiary/aromatic N) is 3.